The van der Waals surface area contributed by atoms with Gasteiger partial charge in [0.25, 0.3) is 0 Å². The molecule has 0 aliphatic rings. The minimum Gasteiger partial charge on any atom is -0.465 e. The van der Waals surface area contributed by atoms with E-state index >= 15 is 0 Å². The first-order valence-corrected chi connectivity index (χ1v) is 4.50. The maximum atomic E-state index is 11.0. The van der Waals surface area contributed by atoms with Crippen LogP contribution in [0, 0.1) is 0 Å². The highest BCUT2D eigenvalue weighted by Crippen LogP contribution is 2.02. The third-order valence-electron chi connectivity index (χ3n) is 1.72. The molecule has 0 saturated carbocycles. The summed E-state index contributed by atoms with van der Waals surface area (Å²) in [4.78, 5) is 20.6. The number of esters is 1. The van der Waals surface area contributed by atoms with Crippen molar-refractivity contribution in [1.29, 1.82) is 0 Å². The summed E-state index contributed by atoms with van der Waals surface area (Å²) >= 11 is 0. The summed E-state index contributed by atoms with van der Waals surface area (Å²) in [7, 11) is 0. The van der Waals surface area contributed by atoms with Gasteiger partial charge in [0.05, 0.1) is 12.2 Å². The topological polar surface area (TPSA) is 47.7 Å². The van der Waals surface area contributed by atoms with E-state index in [0.29, 0.717) is 12.2 Å². The average Bonchev–Trinajstić information content (AvgIpc) is 2.19. The van der Waals surface area contributed by atoms with E-state index in [4.69, 9.17) is 4.74 Å². The average molecular weight is 193 g/mol. The summed E-state index contributed by atoms with van der Waals surface area (Å²) in [5.41, 5.74) is 0.653. The second-order valence-corrected chi connectivity index (χ2v) is 2.79. The minimum atomic E-state index is -0.408. The maximum Gasteiger partial charge on any atom is 0.334 e. The Bertz CT molecular complexity index is 317. The van der Waals surface area contributed by atoms with Crippen molar-refractivity contribution in [2.75, 3.05) is 6.61 Å². The summed E-state index contributed by atoms with van der Waals surface area (Å²) in [5.74, 6) is -0.363. The van der Waals surface area contributed by atoms with Crippen LogP contribution in [-0.2, 0) is 9.53 Å². The molecule has 0 unspecified atom stereocenters. The molecular weight excluding hydrogens is 180 g/mol. The zero-order valence-corrected chi connectivity index (χ0v) is 8.06. The van der Waals surface area contributed by atoms with E-state index in [-0.39, 0.29) is 12.2 Å². The van der Waals surface area contributed by atoms with Crippen LogP contribution in [0.25, 0.3) is 0 Å². The molecular formula is C11H13O3+. The summed E-state index contributed by atoms with van der Waals surface area (Å²) in [6, 6.07) is 8.94. The van der Waals surface area contributed by atoms with Gasteiger partial charge in [-0.1, -0.05) is 18.2 Å². The Kier molecular flexibility index (Phi) is 3.85. The number of carbonyl (C=O) groups is 1. The number of ether oxygens (including phenoxy) is 1. The third kappa shape index (κ3) is 3.01. The Morgan fingerprint density at radius 1 is 1.36 bits per heavy atom. The van der Waals surface area contributed by atoms with Crippen molar-refractivity contribution in [2.45, 2.75) is 13.3 Å². The monoisotopic (exact) mass is 193 g/mol. The highest BCUT2D eigenvalue weighted by Gasteiger charge is 2.17. The van der Waals surface area contributed by atoms with Gasteiger partial charge in [-0.15, -0.1) is 0 Å². The van der Waals surface area contributed by atoms with Gasteiger partial charge >= 0.3 is 11.8 Å². The first kappa shape index (κ1) is 10.4. The van der Waals surface area contributed by atoms with E-state index in [2.05, 4.69) is 0 Å². The molecule has 0 fully saturated rings. The standard InChI is InChI=1S/C11H12O3/c1-2-14-11(13)8-10(12)9-6-4-3-5-7-9/h3-7H,2,8H2,1H3/p+1. The van der Waals surface area contributed by atoms with Crippen molar-refractivity contribution in [3.8, 4) is 0 Å². The number of hydrogen-bond donors (Lipinski definition) is 0. The van der Waals surface area contributed by atoms with Crippen LogP contribution in [0.5, 0.6) is 0 Å². The van der Waals surface area contributed by atoms with Crippen LogP contribution < -0.4 is 0 Å². The maximum absolute atomic E-state index is 11.0. The molecule has 0 amide bonds. The van der Waals surface area contributed by atoms with E-state index in [1.807, 2.05) is 6.07 Å². The lowest BCUT2D eigenvalue weighted by Gasteiger charge is -1.97. The van der Waals surface area contributed by atoms with Crippen molar-refractivity contribution in [3.05, 3.63) is 35.9 Å². The predicted octanol–water partition coefficient (Wildman–Crippen LogP) is 1.53. The summed E-state index contributed by atoms with van der Waals surface area (Å²) in [6.45, 7) is 2.07. The Morgan fingerprint density at radius 2 is 2.00 bits per heavy atom. The number of ketones is 1. The molecule has 74 valence electrons. The molecule has 0 aliphatic heterocycles. The largest absolute Gasteiger partial charge is 0.465 e. The molecule has 3 nitrogen and oxygen atoms in total. The van der Waals surface area contributed by atoms with Gasteiger partial charge in [0.15, 0.2) is 6.42 Å². The Balaban J connectivity index is 2.55. The second kappa shape index (κ2) is 5.17. The van der Waals surface area contributed by atoms with Gasteiger partial charge in [-0.2, -0.15) is 0 Å². The molecule has 3 heteroatoms. The third-order valence-corrected chi connectivity index (χ3v) is 1.72. The van der Waals surface area contributed by atoms with Crippen LogP contribution >= 0.6 is 0 Å². The van der Waals surface area contributed by atoms with Crippen LogP contribution in [0.15, 0.2) is 30.3 Å². The van der Waals surface area contributed by atoms with Gasteiger partial charge in [-0.05, 0) is 19.1 Å². The molecule has 0 heterocycles. The number of benzene rings is 1. The van der Waals surface area contributed by atoms with Crippen molar-refractivity contribution in [2.24, 2.45) is 0 Å². The first-order chi connectivity index (χ1) is 6.74. The molecule has 0 bridgehead atoms. The SMILES string of the molecule is CCOC(=O)CC(=[OH+])c1ccccc1. The molecule has 0 aliphatic carbocycles. The van der Waals surface area contributed by atoms with Gasteiger partial charge in [0.1, 0.15) is 0 Å². The van der Waals surface area contributed by atoms with E-state index in [9.17, 15) is 9.59 Å². The fraction of sp³-hybridized carbons (Fsp3) is 0.273. The van der Waals surface area contributed by atoms with Crippen LogP contribution in [-0.4, -0.2) is 23.2 Å². The smallest absolute Gasteiger partial charge is 0.334 e. The van der Waals surface area contributed by atoms with Crippen LogP contribution in [0.4, 0.5) is 0 Å². The lowest BCUT2D eigenvalue weighted by molar-refractivity contribution is -0.141. The van der Waals surface area contributed by atoms with Gasteiger partial charge in [0.2, 0.25) is 0 Å². The van der Waals surface area contributed by atoms with Crippen molar-refractivity contribution >= 4 is 11.8 Å². The summed E-state index contributed by atoms with van der Waals surface area (Å²) < 4.78 is 4.71. The molecule has 1 aromatic carbocycles. The minimum absolute atomic E-state index is 0.0454. The van der Waals surface area contributed by atoms with Gasteiger partial charge in [0, 0.05) is 0 Å². The summed E-state index contributed by atoms with van der Waals surface area (Å²) in [5, 5.41) is 0. The predicted molar refractivity (Wildman–Crippen MR) is 53.7 cm³/mol. The zero-order valence-electron chi connectivity index (χ0n) is 8.06. The summed E-state index contributed by atoms with van der Waals surface area (Å²) in [6.07, 6.45) is -0.0716. The van der Waals surface area contributed by atoms with Crippen molar-refractivity contribution in [1.82, 2.24) is 0 Å². The fourth-order valence-electron chi connectivity index (χ4n) is 1.08. The zero-order chi connectivity index (χ0) is 10.4. The molecule has 1 N–H and O–H groups in total. The van der Waals surface area contributed by atoms with Gasteiger partial charge < -0.3 is 4.74 Å². The Morgan fingerprint density at radius 3 is 2.57 bits per heavy atom. The van der Waals surface area contributed by atoms with Crippen LogP contribution in [0.1, 0.15) is 18.9 Å². The normalized spacial score (nSPS) is 9.50. The Labute approximate surface area is 82.7 Å². The molecule has 0 spiro atoms. The molecule has 14 heavy (non-hydrogen) atoms. The second-order valence-electron chi connectivity index (χ2n) is 2.79. The molecule has 1 aromatic rings. The van der Waals surface area contributed by atoms with Gasteiger partial charge in [-0.25, -0.2) is 0 Å². The molecule has 0 aromatic heterocycles. The van der Waals surface area contributed by atoms with Crippen molar-refractivity contribution < 1.29 is 14.3 Å². The lowest BCUT2D eigenvalue weighted by Crippen LogP contribution is -2.12. The number of carbonyl (C=O) groups excluding carboxylic acids is 2. The highest BCUT2D eigenvalue weighted by atomic mass is 16.5. The Hall–Kier alpha value is -1.64. The van der Waals surface area contributed by atoms with E-state index < -0.39 is 5.97 Å². The van der Waals surface area contributed by atoms with E-state index in [1.54, 1.807) is 31.2 Å². The van der Waals surface area contributed by atoms with Crippen LogP contribution in [0.3, 0.4) is 0 Å². The lowest BCUT2D eigenvalue weighted by atomic mass is 10.1. The molecule has 0 radical (unpaired) electrons. The highest BCUT2D eigenvalue weighted by molar-refractivity contribution is 6.06. The van der Waals surface area contributed by atoms with Crippen LogP contribution in [0.2, 0.25) is 0 Å². The number of rotatable bonds is 4. The quantitative estimate of drug-likeness (QED) is 0.315. The number of hydrogen-bond acceptors (Lipinski definition) is 2. The van der Waals surface area contributed by atoms with E-state index in [1.165, 1.54) is 0 Å². The molecule has 1 rings (SSSR count). The molecule has 0 saturated heterocycles. The van der Waals surface area contributed by atoms with E-state index in [0.717, 1.165) is 0 Å². The van der Waals surface area contributed by atoms with Crippen molar-refractivity contribution in [3.63, 3.8) is 0 Å². The molecule has 0 atom stereocenters. The van der Waals surface area contributed by atoms with Gasteiger partial charge in [-0.3, -0.25) is 9.59 Å². The first-order valence-electron chi connectivity index (χ1n) is 4.50. The fourth-order valence-corrected chi connectivity index (χ4v) is 1.08.